The first-order valence-electron chi connectivity index (χ1n) is 8.61. The zero-order valence-corrected chi connectivity index (χ0v) is 16.9. The van der Waals surface area contributed by atoms with Crippen molar-refractivity contribution in [1.29, 1.82) is 0 Å². The first-order valence-corrected chi connectivity index (χ1v) is 10.2. The van der Waals surface area contributed by atoms with Crippen LogP contribution >= 0.6 is 23.4 Å². The molecule has 0 fully saturated rings. The first-order chi connectivity index (χ1) is 12.5. The van der Waals surface area contributed by atoms with Crippen molar-refractivity contribution < 1.29 is 9.53 Å². The molecule has 2 aromatic rings. The van der Waals surface area contributed by atoms with Gasteiger partial charge in [0.15, 0.2) is 11.8 Å². The van der Waals surface area contributed by atoms with Crippen LogP contribution < -0.4 is 10.1 Å². The first kappa shape index (κ1) is 20.6. The van der Waals surface area contributed by atoms with Crippen LogP contribution in [-0.2, 0) is 17.8 Å². The number of benzene rings is 1. The number of nitrogens with one attached hydrogen (secondary N) is 1. The molecule has 142 valence electrons. The largest absolute Gasteiger partial charge is 0.482 e. The number of rotatable bonds is 10. The Bertz CT molecular complexity index is 721. The Morgan fingerprint density at radius 2 is 2.12 bits per heavy atom. The Kier molecular flexibility index (Phi) is 8.25. The van der Waals surface area contributed by atoms with Crippen LogP contribution in [0.1, 0.15) is 26.1 Å². The van der Waals surface area contributed by atoms with Crippen molar-refractivity contribution in [3.63, 3.8) is 0 Å². The lowest BCUT2D eigenvalue weighted by molar-refractivity contribution is -0.123. The van der Waals surface area contributed by atoms with Gasteiger partial charge in [0.25, 0.3) is 5.91 Å². The molecular formula is C18H25ClN4O2S. The predicted octanol–water partition coefficient (Wildman–Crippen LogP) is 3.44. The Hall–Kier alpha value is -1.73. The number of amides is 1. The van der Waals surface area contributed by atoms with Gasteiger partial charge < -0.3 is 14.6 Å². The second-order valence-electron chi connectivity index (χ2n) is 6.28. The maximum atomic E-state index is 11.9. The number of ether oxygens (including phenoxy) is 1. The van der Waals surface area contributed by atoms with Crippen LogP contribution in [0.5, 0.6) is 5.75 Å². The molecular weight excluding hydrogens is 372 g/mol. The monoisotopic (exact) mass is 396 g/mol. The summed E-state index contributed by atoms with van der Waals surface area (Å²) >= 11 is 7.59. The molecule has 1 heterocycles. The van der Waals surface area contributed by atoms with E-state index in [2.05, 4.69) is 33.9 Å². The fraction of sp³-hybridized carbons (Fsp3) is 0.500. The summed E-state index contributed by atoms with van der Waals surface area (Å²) in [6.07, 6.45) is 3.57. The van der Waals surface area contributed by atoms with Crippen molar-refractivity contribution in [2.45, 2.75) is 38.4 Å². The molecule has 0 spiro atoms. The van der Waals surface area contributed by atoms with Gasteiger partial charge in [-0.25, -0.2) is 0 Å². The van der Waals surface area contributed by atoms with Crippen LogP contribution in [0.25, 0.3) is 0 Å². The highest BCUT2D eigenvalue weighted by molar-refractivity contribution is 7.98. The molecule has 0 saturated carbocycles. The molecule has 1 N–H and O–H groups in total. The summed E-state index contributed by atoms with van der Waals surface area (Å²) in [4.78, 5) is 11.9. The summed E-state index contributed by atoms with van der Waals surface area (Å²) in [7, 11) is 0. The van der Waals surface area contributed by atoms with Gasteiger partial charge in [-0.2, -0.15) is 0 Å². The number of thioether (sulfide) groups is 1. The van der Waals surface area contributed by atoms with E-state index in [0.717, 1.165) is 30.4 Å². The van der Waals surface area contributed by atoms with Gasteiger partial charge in [0, 0.05) is 19.5 Å². The summed E-state index contributed by atoms with van der Waals surface area (Å²) in [6, 6.07) is 7.09. The third kappa shape index (κ3) is 6.21. The van der Waals surface area contributed by atoms with E-state index in [1.54, 1.807) is 23.9 Å². The Morgan fingerprint density at radius 3 is 2.81 bits per heavy atom. The minimum Gasteiger partial charge on any atom is -0.482 e. The second-order valence-corrected chi connectivity index (χ2v) is 7.46. The highest BCUT2D eigenvalue weighted by Crippen LogP contribution is 2.22. The molecule has 0 aliphatic carbocycles. The summed E-state index contributed by atoms with van der Waals surface area (Å²) < 4.78 is 7.59. The molecule has 0 unspecified atom stereocenters. The van der Waals surface area contributed by atoms with Crippen LogP contribution in [0, 0.1) is 5.92 Å². The van der Waals surface area contributed by atoms with Gasteiger partial charge in [-0.15, -0.1) is 10.2 Å². The van der Waals surface area contributed by atoms with E-state index in [9.17, 15) is 4.79 Å². The van der Waals surface area contributed by atoms with Gasteiger partial charge in [0.1, 0.15) is 11.6 Å². The summed E-state index contributed by atoms with van der Waals surface area (Å²) in [6.45, 7) is 5.76. The molecule has 0 aliphatic heterocycles. The number of carbonyl (C=O) groups is 1. The highest BCUT2D eigenvalue weighted by Gasteiger charge is 2.12. The molecule has 0 aliphatic rings. The lowest BCUT2D eigenvalue weighted by Crippen LogP contribution is -2.30. The van der Waals surface area contributed by atoms with E-state index in [-0.39, 0.29) is 12.5 Å². The number of aromatic nitrogens is 3. The lowest BCUT2D eigenvalue weighted by Gasteiger charge is -2.12. The fourth-order valence-electron chi connectivity index (χ4n) is 2.43. The lowest BCUT2D eigenvalue weighted by atomic mass is 10.2. The molecule has 26 heavy (non-hydrogen) atoms. The van der Waals surface area contributed by atoms with E-state index in [1.807, 2.05) is 18.4 Å². The summed E-state index contributed by atoms with van der Waals surface area (Å²) in [5.41, 5.74) is 0. The fourth-order valence-corrected chi connectivity index (χ4v) is 3.15. The van der Waals surface area contributed by atoms with Gasteiger partial charge in [-0.05, 0) is 30.7 Å². The standard InChI is InChI=1S/C18H25ClN4O2S/c1-13(2)11-23-16(21-22-18(23)26-3)9-6-10-20-17(24)12-25-15-8-5-4-7-14(15)19/h4-5,7-8,13H,6,9-12H2,1-3H3,(H,20,24). The molecule has 6 nitrogen and oxygen atoms in total. The van der Waals surface area contributed by atoms with Crippen molar-refractivity contribution in [1.82, 2.24) is 20.1 Å². The van der Waals surface area contributed by atoms with Gasteiger partial charge in [-0.3, -0.25) is 4.79 Å². The number of hydrogen-bond donors (Lipinski definition) is 1. The summed E-state index contributed by atoms with van der Waals surface area (Å²) in [5.74, 6) is 1.83. The van der Waals surface area contributed by atoms with Crippen LogP contribution in [-0.4, -0.2) is 40.1 Å². The topological polar surface area (TPSA) is 69.0 Å². The van der Waals surface area contributed by atoms with Crippen molar-refractivity contribution in [3.8, 4) is 5.75 Å². The maximum absolute atomic E-state index is 11.9. The Labute approximate surface area is 163 Å². The van der Waals surface area contributed by atoms with Crippen LogP contribution in [0.3, 0.4) is 0 Å². The molecule has 0 saturated heterocycles. The number of hydrogen-bond acceptors (Lipinski definition) is 5. The minimum absolute atomic E-state index is 0.0517. The van der Waals surface area contributed by atoms with Gasteiger partial charge >= 0.3 is 0 Å². The normalized spacial score (nSPS) is 11.0. The molecule has 0 radical (unpaired) electrons. The van der Waals surface area contributed by atoms with Gasteiger partial charge in [0.2, 0.25) is 0 Å². The molecule has 0 bridgehead atoms. The van der Waals surface area contributed by atoms with Gasteiger partial charge in [0.05, 0.1) is 5.02 Å². The molecule has 8 heteroatoms. The molecule has 1 aromatic carbocycles. The average molecular weight is 397 g/mol. The quantitative estimate of drug-likeness (QED) is 0.492. The number of halogens is 1. The SMILES string of the molecule is CSc1nnc(CCCNC(=O)COc2ccccc2Cl)n1CC(C)C. The van der Waals surface area contributed by atoms with Crippen LogP contribution in [0.15, 0.2) is 29.4 Å². The van der Waals surface area contributed by atoms with E-state index < -0.39 is 0 Å². The number of para-hydroxylation sites is 1. The van der Waals surface area contributed by atoms with Crippen LogP contribution in [0.2, 0.25) is 5.02 Å². The average Bonchev–Trinajstić information content (AvgIpc) is 2.99. The molecule has 2 rings (SSSR count). The van der Waals surface area contributed by atoms with E-state index in [1.165, 1.54) is 0 Å². The zero-order chi connectivity index (χ0) is 18.9. The van der Waals surface area contributed by atoms with Gasteiger partial charge in [-0.1, -0.05) is 49.3 Å². The number of carbonyl (C=O) groups excluding carboxylic acids is 1. The Balaban J connectivity index is 1.74. The van der Waals surface area contributed by atoms with Crippen molar-refractivity contribution in [2.75, 3.05) is 19.4 Å². The zero-order valence-electron chi connectivity index (χ0n) is 15.4. The minimum atomic E-state index is -0.168. The highest BCUT2D eigenvalue weighted by atomic mass is 35.5. The van der Waals surface area contributed by atoms with Crippen LogP contribution in [0.4, 0.5) is 0 Å². The smallest absolute Gasteiger partial charge is 0.257 e. The third-order valence-corrected chi connectivity index (χ3v) is 4.60. The van der Waals surface area contributed by atoms with E-state index in [4.69, 9.17) is 16.3 Å². The molecule has 1 amide bonds. The second kappa shape index (κ2) is 10.4. The van der Waals surface area contributed by atoms with Crippen molar-refractivity contribution >= 4 is 29.3 Å². The third-order valence-electron chi connectivity index (χ3n) is 3.62. The predicted molar refractivity (Wildman–Crippen MR) is 105 cm³/mol. The molecule has 0 atom stereocenters. The Morgan fingerprint density at radius 1 is 1.35 bits per heavy atom. The molecule has 1 aromatic heterocycles. The maximum Gasteiger partial charge on any atom is 0.257 e. The van der Waals surface area contributed by atoms with Crippen molar-refractivity contribution in [3.05, 3.63) is 35.1 Å². The number of nitrogens with zero attached hydrogens (tertiary/aromatic N) is 3. The van der Waals surface area contributed by atoms with E-state index >= 15 is 0 Å². The van der Waals surface area contributed by atoms with E-state index in [0.29, 0.717) is 23.2 Å². The number of aryl methyl sites for hydroxylation is 1. The summed E-state index contributed by atoms with van der Waals surface area (Å²) in [5, 5.41) is 12.8. The van der Waals surface area contributed by atoms with Crippen molar-refractivity contribution in [2.24, 2.45) is 5.92 Å².